The predicted octanol–water partition coefficient (Wildman–Crippen LogP) is 2.01. The van der Waals surface area contributed by atoms with Crippen molar-refractivity contribution in [3.8, 4) is 5.75 Å². The minimum atomic E-state index is -0.0837. The van der Waals surface area contributed by atoms with Gasteiger partial charge in [-0.15, -0.1) is 0 Å². The van der Waals surface area contributed by atoms with Crippen molar-refractivity contribution in [3.05, 3.63) is 29.8 Å². The van der Waals surface area contributed by atoms with Crippen LogP contribution in [0.4, 0.5) is 0 Å². The molecule has 1 heterocycles. The summed E-state index contributed by atoms with van der Waals surface area (Å²) in [4.78, 5) is 11.9. The first kappa shape index (κ1) is 13.9. The SMILES string of the molecule is COc1ccc([C@@H](C)NC2CCCCNC2=O)cc1. The molecular formula is C15H22N2O2. The minimum Gasteiger partial charge on any atom is -0.497 e. The average Bonchev–Trinajstić information content (AvgIpc) is 2.64. The molecule has 19 heavy (non-hydrogen) atoms. The maximum atomic E-state index is 11.9. The largest absolute Gasteiger partial charge is 0.497 e. The van der Waals surface area contributed by atoms with Crippen LogP contribution in [0, 0.1) is 0 Å². The third kappa shape index (κ3) is 3.70. The van der Waals surface area contributed by atoms with Crippen LogP contribution < -0.4 is 15.4 Å². The Morgan fingerprint density at radius 1 is 1.32 bits per heavy atom. The van der Waals surface area contributed by atoms with E-state index < -0.39 is 0 Å². The summed E-state index contributed by atoms with van der Waals surface area (Å²) in [6.07, 6.45) is 3.07. The molecule has 1 unspecified atom stereocenters. The molecule has 0 aliphatic carbocycles. The molecule has 104 valence electrons. The number of carbonyl (C=O) groups is 1. The second kappa shape index (κ2) is 6.57. The molecule has 1 amide bonds. The lowest BCUT2D eigenvalue weighted by atomic mass is 10.0. The summed E-state index contributed by atoms with van der Waals surface area (Å²) in [6.45, 7) is 2.88. The number of benzene rings is 1. The number of carbonyl (C=O) groups excluding carboxylic acids is 1. The predicted molar refractivity (Wildman–Crippen MR) is 75.2 cm³/mol. The number of hydrogen-bond donors (Lipinski definition) is 2. The van der Waals surface area contributed by atoms with E-state index in [1.807, 2.05) is 24.3 Å². The molecule has 0 radical (unpaired) electrons. The van der Waals surface area contributed by atoms with E-state index in [4.69, 9.17) is 4.74 Å². The normalized spacial score (nSPS) is 21.4. The fraction of sp³-hybridized carbons (Fsp3) is 0.533. The van der Waals surface area contributed by atoms with Gasteiger partial charge in [0.05, 0.1) is 13.2 Å². The van der Waals surface area contributed by atoms with Gasteiger partial charge in [0, 0.05) is 12.6 Å². The summed E-state index contributed by atoms with van der Waals surface area (Å²) in [5, 5.41) is 6.36. The quantitative estimate of drug-likeness (QED) is 0.872. The summed E-state index contributed by atoms with van der Waals surface area (Å²) in [7, 11) is 1.66. The van der Waals surface area contributed by atoms with Crippen LogP contribution in [0.5, 0.6) is 5.75 Å². The molecule has 1 saturated heterocycles. The summed E-state index contributed by atoms with van der Waals surface area (Å²) in [5.74, 6) is 0.973. The molecular weight excluding hydrogens is 240 g/mol. The van der Waals surface area contributed by atoms with Gasteiger partial charge in [-0.3, -0.25) is 10.1 Å². The fourth-order valence-corrected chi connectivity index (χ4v) is 2.39. The van der Waals surface area contributed by atoms with Crippen LogP contribution in [-0.2, 0) is 4.79 Å². The fourth-order valence-electron chi connectivity index (χ4n) is 2.39. The minimum absolute atomic E-state index is 0.0837. The van der Waals surface area contributed by atoms with Crippen LogP contribution >= 0.6 is 0 Å². The molecule has 2 rings (SSSR count). The summed E-state index contributed by atoms with van der Waals surface area (Å²) < 4.78 is 5.15. The van der Waals surface area contributed by atoms with Crippen LogP contribution in [0.25, 0.3) is 0 Å². The molecule has 1 fully saturated rings. The summed E-state index contributed by atoms with van der Waals surface area (Å²) in [6, 6.07) is 8.02. The van der Waals surface area contributed by atoms with E-state index in [9.17, 15) is 4.79 Å². The molecule has 0 saturated carbocycles. The standard InChI is InChI=1S/C15H22N2O2/c1-11(12-6-8-13(19-2)9-7-12)17-14-5-3-4-10-16-15(14)18/h6-9,11,14,17H,3-5,10H2,1-2H3,(H,16,18)/t11-,14?/m1/s1. The molecule has 0 aromatic heterocycles. The molecule has 2 atom stereocenters. The third-order valence-electron chi connectivity index (χ3n) is 3.60. The van der Waals surface area contributed by atoms with Gasteiger partial charge in [0.1, 0.15) is 5.75 Å². The zero-order chi connectivity index (χ0) is 13.7. The smallest absolute Gasteiger partial charge is 0.237 e. The van der Waals surface area contributed by atoms with Crippen molar-refractivity contribution in [1.29, 1.82) is 0 Å². The Labute approximate surface area is 114 Å². The number of amides is 1. The number of rotatable bonds is 4. The second-order valence-corrected chi connectivity index (χ2v) is 5.00. The van der Waals surface area contributed by atoms with Gasteiger partial charge in [-0.05, 0) is 43.9 Å². The number of ether oxygens (including phenoxy) is 1. The maximum absolute atomic E-state index is 11.9. The van der Waals surface area contributed by atoms with Crippen molar-refractivity contribution in [1.82, 2.24) is 10.6 Å². The number of hydrogen-bond acceptors (Lipinski definition) is 3. The number of nitrogens with one attached hydrogen (secondary N) is 2. The molecule has 4 nitrogen and oxygen atoms in total. The summed E-state index contributed by atoms with van der Waals surface area (Å²) >= 11 is 0. The van der Waals surface area contributed by atoms with Gasteiger partial charge >= 0.3 is 0 Å². The van der Waals surface area contributed by atoms with E-state index in [1.165, 1.54) is 0 Å². The second-order valence-electron chi connectivity index (χ2n) is 5.00. The van der Waals surface area contributed by atoms with Gasteiger partial charge in [0.25, 0.3) is 0 Å². The Morgan fingerprint density at radius 2 is 2.05 bits per heavy atom. The highest BCUT2D eigenvalue weighted by atomic mass is 16.5. The van der Waals surface area contributed by atoms with Crippen molar-refractivity contribution >= 4 is 5.91 Å². The van der Waals surface area contributed by atoms with E-state index in [0.717, 1.165) is 37.1 Å². The highest BCUT2D eigenvalue weighted by Crippen LogP contribution is 2.19. The first-order valence-corrected chi connectivity index (χ1v) is 6.88. The number of methoxy groups -OCH3 is 1. The summed E-state index contributed by atoms with van der Waals surface area (Å²) in [5.41, 5.74) is 1.16. The molecule has 2 N–H and O–H groups in total. The van der Waals surface area contributed by atoms with Crippen LogP contribution in [-0.4, -0.2) is 25.6 Å². The van der Waals surface area contributed by atoms with Crippen LogP contribution in [0.15, 0.2) is 24.3 Å². The van der Waals surface area contributed by atoms with Crippen LogP contribution in [0.2, 0.25) is 0 Å². The maximum Gasteiger partial charge on any atom is 0.237 e. The van der Waals surface area contributed by atoms with Gasteiger partial charge in [0.2, 0.25) is 5.91 Å². The van der Waals surface area contributed by atoms with E-state index in [0.29, 0.717) is 0 Å². The lowest BCUT2D eigenvalue weighted by Gasteiger charge is -2.21. The Bertz CT molecular complexity index is 417. The van der Waals surface area contributed by atoms with Crippen LogP contribution in [0.3, 0.4) is 0 Å². The van der Waals surface area contributed by atoms with E-state index in [1.54, 1.807) is 7.11 Å². The van der Waals surface area contributed by atoms with Crippen molar-refractivity contribution in [2.24, 2.45) is 0 Å². The Morgan fingerprint density at radius 3 is 2.74 bits per heavy atom. The molecule has 1 aliphatic rings. The van der Waals surface area contributed by atoms with Crippen LogP contribution in [0.1, 0.15) is 37.8 Å². The van der Waals surface area contributed by atoms with Gasteiger partial charge in [-0.2, -0.15) is 0 Å². The van der Waals surface area contributed by atoms with Crippen molar-refractivity contribution in [2.45, 2.75) is 38.3 Å². The molecule has 0 bridgehead atoms. The zero-order valence-corrected chi connectivity index (χ0v) is 11.6. The van der Waals surface area contributed by atoms with Crippen molar-refractivity contribution in [2.75, 3.05) is 13.7 Å². The molecule has 4 heteroatoms. The van der Waals surface area contributed by atoms with E-state index in [-0.39, 0.29) is 18.0 Å². The van der Waals surface area contributed by atoms with Gasteiger partial charge in [0.15, 0.2) is 0 Å². The molecule has 1 aliphatic heterocycles. The van der Waals surface area contributed by atoms with Gasteiger partial charge in [-0.25, -0.2) is 0 Å². The Kier molecular flexibility index (Phi) is 4.80. The topological polar surface area (TPSA) is 50.4 Å². The molecule has 1 aromatic carbocycles. The van der Waals surface area contributed by atoms with Gasteiger partial charge in [-0.1, -0.05) is 12.1 Å². The van der Waals surface area contributed by atoms with Crippen molar-refractivity contribution < 1.29 is 9.53 Å². The average molecular weight is 262 g/mol. The lowest BCUT2D eigenvalue weighted by Crippen LogP contribution is -2.43. The highest BCUT2D eigenvalue weighted by Gasteiger charge is 2.22. The zero-order valence-electron chi connectivity index (χ0n) is 11.6. The van der Waals surface area contributed by atoms with E-state index >= 15 is 0 Å². The highest BCUT2D eigenvalue weighted by molar-refractivity contribution is 5.81. The van der Waals surface area contributed by atoms with Crippen molar-refractivity contribution in [3.63, 3.8) is 0 Å². The molecule has 0 spiro atoms. The Hall–Kier alpha value is -1.55. The monoisotopic (exact) mass is 262 g/mol. The lowest BCUT2D eigenvalue weighted by molar-refractivity contribution is -0.123. The molecule has 1 aromatic rings. The van der Waals surface area contributed by atoms with Gasteiger partial charge < -0.3 is 10.1 Å². The first-order chi connectivity index (χ1) is 9.20. The van der Waals surface area contributed by atoms with E-state index in [2.05, 4.69) is 17.6 Å². The Balaban J connectivity index is 1.98. The third-order valence-corrected chi connectivity index (χ3v) is 3.60. The first-order valence-electron chi connectivity index (χ1n) is 6.88.